The Balaban J connectivity index is 1.45. The maximum Gasteiger partial charge on any atom is 0.0271 e. The van der Waals surface area contributed by atoms with Crippen molar-refractivity contribution in [1.82, 2.24) is 0 Å². The first kappa shape index (κ1) is 24.4. The van der Waals surface area contributed by atoms with Crippen molar-refractivity contribution in [1.29, 1.82) is 0 Å². The highest BCUT2D eigenvalue weighted by Crippen LogP contribution is 2.49. The lowest BCUT2D eigenvalue weighted by atomic mass is 9.94. The van der Waals surface area contributed by atoms with Crippen LogP contribution in [0.5, 0.6) is 0 Å². The van der Waals surface area contributed by atoms with E-state index >= 15 is 0 Å². The molecule has 182 valence electrons. The number of benzene rings is 6. The zero-order chi connectivity index (χ0) is 25.6. The molecule has 0 saturated carbocycles. The highest BCUT2D eigenvalue weighted by molar-refractivity contribution is 8.76. The minimum atomic E-state index is 1.23. The Labute approximate surface area is 232 Å². The van der Waals surface area contributed by atoms with Gasteiger partial charge in [0.1, 0.15) is 0 Å². The van der Waals surface area contributed by atoms with Crippen molar-refractivity contribution in [2.24, 2.45) is 0 Å². The topological polar surface area (TPSA) is 0 Å². The summed E-state index contributed by atoms with van der Waals surface area (Å²) in [6.45, 7) is 0. The van der Waals surface area contributed by atoms with Crippen molar-refractivity contribution in [2.45, 2.75) is 9.79 Å². The van der Waals surface area contributed by atoms with Crippen LogP contribution in [0.3, 0.4) is 0 Å². The van der Waals surface area contributed by atoms with Gasteiger partial charge in [0.2, 0.25) is 0 Å². The summed E-state index contributed by atoms with van der Waals surface area (Å²) in [6.07, 6.45) is 0. The van der Waals surface area contributed by atoms with E-state index in [2.05, 4.69) is 158 Å². The van der Waals surface area contributed by atoms with Crippen LogP contribution in [0, 0.1) is 0 Å². The molecule has 2 heteroatoms. The Kier molecular flexibility index (Phi) is 7.44. The molecule has 0 radical (unpaired) electrons. The molecule has 0 unspecified atom stereocenters. The van der Waals surface area contributed by atoms with E-state index in [0.29, 0.717) is 0 Å². The first-order valence-corrected chi connectivity index (χ1v) is 14.9. The molecular formula is C36H26S2. The van der Waals surface area contributed by atoms with Gasteiger partial charge in [0, 0.05) is 20.9 Å². The molecule has 6 aromatic carbocycles. The van der Waals surface area contributed by atoms with Gasteiger partial charge in [-0.05, 0) is 45.5 Å². The van der Waals surface area contributed by atoms with Crippen LogP contribution >= 0.6 is 21.6 Å². The molecule has 0 nitrogen and oxygen atoms in total. The average Bonchev–Trinajstić information content (AvgIpc) is 3.01. The van der Waals surface area contributed by atoms with E-state index in [0.717, 1.165) is 0 Å². The van der Waals surface area contributed by atoms with Crippen LogP contribution in [-0.2, 0) is 0 Å². The van der Waals surface area contributed by atoms with E-state index in [1.807, 2.05) is 21.6 Å². The molecule has 0 fully saturated rings. The van der Waals surface area contributed by atoms with Crippen molar-refractivity contribution in [2.75, 3.05) is 0 Å². The van der Waals surface area contributed by atoms with Crippen LogP contribution in [0.1, 0.15) is 0 Å². The standard InChI is InChI=1S/C36H26S2/c1-5-15-27(16-6-1)31-23-13-25-33(35(31)29-19-9-3-10-20-29)37-38-34-26-14-24-32(28-17-7-2-8-18-28)36(34)30-21-11-4-12-22-30/h1-26H. The van der Waals surface area contributed by atoms with E-state index in [9.17, 15) is 0 Å². The normalized spacial score (nSPS) is 10.8. The quantitative estimate of drug-likeness (QED) is 0.191. The molecule has 6 aromatic rings. The van der Waals surface area contributed by atoms with E-state index in [4.69, 9.17) is 0 Å². The third-order valence-electron chi connectivity index (χ3n) is 6.57. The number of rotatable bonds is 7. The lowest BCUT2D eigenvalue weighted by Gasteiger charge is -2.17. The van der Waals surface area contributed by atoms with Crippen LogP contribution in [-0.4, -0.2) is 0 Å². The zero-order valence-corrected chi connectivity index (χ0v) is 22.5. The van der Waals surface area contributed by atoms with E-state index in [1.165, 1.54) is 54.3 Å². The maximum absolute atomic E-state index is 2.25. The SMILES string of the molecule is c1ccc(-c2cccc(SSc3cccc(-c4ccccc4)c3-c3ccccc3)c2-c2ccccc2)cc1. The molecule has 0 spiro atoms. The van der Waals surface area contributed by atoms with Crippen LogP contribution < -0.4 is 0 Å². The van der Waals surface area contributed by atoms with Crippen LogP contribution in [0.2, 0.25) is 0 Å². The van der Waals surface area contributed by atoms with Gasteiger partial charge in [0.25, 0.3) is 0 Å². The summed E-state index contributed by atoms with van der Waals surface area (Å²) in [7, 11) is 3.67. The third-order valence-corrected chi connectivity index (χ3v) is 9.02. The van der Waals surface area contributed by atoms with Crippen molar-refractivity contribution in [3.05, 3.63) is 158 Å². The monoisotopic (exact) mass is 522 g/mol. The van der Waals surface area contributed by atoms with Gasteiger partial charge in [-0.15, -0.1) is 0 Å². The molecule has 0 aliphatic rings. The molecule has 0 saturated heterocycles. The van der Waals surface area contributed by atoms with Gasteiger partial charge in [0.15, 0.2) is 0 Å². The van der Waals surface area contributed by atoms with Gasteiger partial charge in [-0.2, -0.15) is 0 Å². The van der Waals surface area contributed by atoms with Crippen molar-refractivity contribution < 1.29 is 0 Å². The Hall–Kier alpha value is -3.98. The summed E-state index contributed by atoms with van der Waals surface area (Å²) in [5, 5.41) is 0. The largest absolute Gasteiger partial charge is 0.0622 e. The Morgan fingerprint density at radius 1 is 0.263 bits per heavy atom. The fourth-order valence-corrected chi connectivity index (χ4v) is 7.25. The predicted octanol–water partition coefficient (Wildman–Crippen LogP) is 11.2. The van der Waals surface area contributed by atoms with Gasteiger partial charge >= 0.3 is 0 Å². The smallest absolute Gasteiger partial charge is 0.0271 e. The molecule has 0 heterocycles. The minimum Gasteiger partial charge on any atom is -0.0622 e. The Morgan fingerprint density at radius 2 is 0.579 bits per heavy atom. The average molecular weight is 523 g/mol. The van der Waals surface area contributed by atoms with Gasteiger partial charge in [-0.3, -0.25) is 0 Å². The summed E-state index contributed by atoms with van der Waals surface area (Å²) in [4.78, 5) is 2.51. The van der Waals surface area contributed by atoms with E-state index in [1.54, 1.807) is 0 Å². The van der Waals surface area contributed by atoms with Crippen molar-refractivity contribution in [3.8, 4) is 44.5 Å². The second-order valence-electron chi connectivity index (χ2n) is 8.99. The second kappa shape index (κ2) is 11.6. The van der Waals surface area contributed by atoms with Crippen LogP contribution in [0.15, 0.2) is 168 Å². The van der Waals surface area contributed by atoms with Crippen LogP contribution in [0.4, 0.5) is 0 Å². The maximum atomic E-state index is 2.25. The third kappa shape index (κ3) is 5.19. The van der Waals surface area contributed by atoms with Gasteiger partial charge in [0.05, 0.1) is 0 Å². The highest BCUT2D eigenvalue weighted by atomic mass is 33.1. The van der Waals surface area contributed by atoms with E-state index < -0.39 is 0 Å². The second-order valence-corrected chi connectivity index (χ2v) is 11.2. The molecule has 38 heavy (non-hydrogen) atoms. The predicted molar refractivity (Wildman–Crippen MR) is 166 cm³/mol. The van der Waals surface area contributed by atoms with Gasteiger partial charge < -0.3 is 0 Å². The Bertz CT molecular complexity index is 1500. The Morgan fingerprint density at radius 3 is 0.921 bits per heavy atom. The summed E-state index contributed by atoms with van der Waals surface area (Å²) < 4.78 is 0. The summed E-state index contributed by atoms with van der Waals surface area (Å²) in [6, 6.07) is 56.2. The van der Waals surface area contributed by atoms with Gasteiger partial charge in [-0.25, -0.2) is 0 Å². The molecule has 0 amide bonds. The lowest BCUT2D eigenvalue weighted by molar-refractivity contribution is 1.44. The highest BCUT2D eigenvalue weighted by Gasteiger charge is 2.17. The molecule has 0 bridgehead atoms. The van der Waals surface area contributed by atoms with Gasteiger partial charge in [-0.1, -0.05) is 167 Å². The molecule has 6 rings (SSSR count). The van der Waals surface area contributed by atoms with Crippen molar-refractivity contribution >= 4 is 21.6 Å². The molecular weight excluding hydrogens is 497 g/mol. The summed E-state index contributed by atoms with van der Waals surface area (Å²) in [5.41, 5.74) is 9.99. The summed E-state index contributed by atoms with van der Waals surface area (Å²) >= 11 is 0. The lowest BCUT2D eigenvalue weighted by Crippen LogP contribution is -1.89. The van der Waals surface area contributed by atoms with Crippen LogP contribution in [0.25, 0.3) is 44.5 Å². The minimum absolute atomic E-state index is 1.23. The number of hydrogen-bond donors (Lipinski definition) is 0. The summed E-state index contributed by atoms with van der Waals surface area (Å²) in [5.74, 6) is 0. The molecule has 0 aliphatic heterocycles. The zero-order valence-electron chi connectivity index (χ0n) is 20.8. The number of hydrogen-bond acceptors (Lipinski definition) is 2. The first-order valence-electron chi connectivity index (χ1n) is 12.7. The van der Waals surface area contributed by atoms with Crippen molar-refractivity contribution in [3.63, 3.8) is 0 Å². The molecule has 0 N–H and O–H groups in total. The fraction of sp³-hybridized carbons (Fsp3) is 0. The molecule has 0 aromatic heterocycles. The van der Waals surface area contributed by atoms with E-state index in [-0.39, 0.29) is 0 Å². The molecule has 0 aliphatic carbocycles. The molecule has 0 atom stereocenters. The first-order chi connectivity index (χ1) is 18.9. The fourth-order valence-electron chi connectivity index (χ4n) is 4.81.